The summed E-state index contributed by atoms with van der Waals surface area (Å²) in [6, 6.07) is 0. The number of hydrogen-bond donors (Lipinski definition) is 0. The molecule has 0 aliphatic heterocycles. The van der Waals surface area contributed by atoms with E-state index in [1.807, 2.05) is 0 Å². The van der Waals surface area contributed by atoms with Crippen molar-refractivity contribution in [3.05, 3.63) is 60.8 Å². The van der Waals surface area contributed by atoms with Gasteiger partial charge in [-0.3, -0.25) is 14.4 Å². The highest BCUT2D eigenvalue weighted by Crippen LogP contribution is 2.17. The number of unbranched alkanes of at least 4 members (excludes halogenated alkanes) is 34. The van der Waals surface area contributed by atoms with E-state index >= 15 is 0 Å². The van der Waals surface area contributed by atoms with Crippen molar-refractivity contribution in [1.82, 2.24) is 0 Å². The molecule has 0 aromatic heterocycles. The molecule has 0 aliphatic rings. The lowest BCUT2D eigenvalue weighted by Gasteiger charge is -2.18. The molecule has 0 amide bonds. The molecule has 6 heteroatoms. The van der Waals surface area contributed by atoms with E-state index in [1.165, 1.54) is 167 Å². The van der Waals surface area contributed by atoms with E-state index in [1.54, 1.807) is 0 Å². The van der Waals surface area contributed by atoms with Crippen molar-refractivity contribution >= 4 is 17.9 Å². The van der Waals surface area contributed by atoms with Crippen LogP contribution in [0.1, 0.15) is 310 Å². The number of esters is 3. The molecule has 0 saturated heterocycles. The molecule has 1 atom stereocenters. The maximum atomic E-state index is 12.9. The van der Waals surface area contributed by atoms with Gasteiger partial charge < -0.3 is 14.2 Å². The number of rotatable bonds is 55. The highest BCUT2D eigenvalue weighted by Gasteiger charge is 2.19. The molecule has 0 aliphatic carbocycles. The van der Waals surface area contributed by atoms with Crippen LogP contribution in [0.5, 0.6) is 0 Å². The summed E-state index contributed by atoms with van der Waals surface area (Å²) < 4.78 is 16.9. The number of allylic oxidation sites excluding steroid dienone is 10. The van der Waals surface area contributed by atoms with Gasteiger partial charge in [0, 0.05) is 19.3 Å². The Morgan fingerprint density at radius 2 is 0.557 bits per heavy atom. The predicted octanol–water partition coefficient (Wildman–Crippen LogP) is 20.4. The number of ether oxygens (including phenoxy) is 3. The highest BCUT2D eigenvalue weighted by atomic mass is 16.6. The van der Waals surface area contributed by atoms with Crippen LogP contribution in [0.4, 0.5) is 0 Å². The van der Waals surface area contributed by atoms with Crippen LogP contribution < -0.4 is 0 Å². The van der Waals surface area contributed by atoms with Crippen molar-refractivity contribution in [2.24, 2.45) is 0 Å². The maximum Gasteiger partial charge on any atom is 0.306 e. The minimum absolute atomic E-state index is 0.0799. The fraction of sp³-hybridized carbons (Fsp3) is 0.797. The maximum absolute atomic E-state index is 12.9. The average molecular weight is 980 g/mol. The lowest BCUT2D eigenvalue weighted by Crippen LogP contribution is -2.30. The predicted molar refractivity (Wildman–Crippen MR) is 302 cm³/mol. The van der Waals surface area contributed by atoms with E-state index in [0.717, 1.165) is 103 Å². The second-order valence-corrected chi connectivity index (χ2v) is 20.2. The molecule has 0 aromatic rings. The lowest BCUT2D eigenvalue weighted by atomic mass is 10.0. The van der Waals surface area contributed by atoms with Gasteiger partial charge in [0.1, 0.15) is 13.2 Å². The minimum Gasteiger partial charge on any atom is -0.462 e. The van der Waals surface area contributed by atoms with Crippen molar-refractivity contribution in [2.75, 3.05) is 13.2 Å². The highest BCUT2D eigenvalue weighted by molar-refractivity contribution is 5.71. The second kappa shape index (κ2) is 58.7. The van der Waals surface area contributed by atoms with Crippen LogP contribution in [0, 0.1) is 0 Å². The Morgan fingerprint density at radius 1 is 0.300 bits per heavy atom. The van der Waals surface area contributed by atoms with Crippen molar-refractivity contribution < 1.29 is 28.6 Å². The van der Waals surface area contributed by atoms with E-state index in [2.05, 4.69) is 81.5 Å². The standard InChI is InChI=1S/C64H114O6/c1-4-7-10-13-16-19-22-25-27-29-31-33-34-36-39-42-45-48-51-54-57-63(66)69-60-61(59-68-62(65)56-53-50-47-44-41-38-24-21-18-15-12-9-6-3)70-64(67)58-55-52-49-46-43-40-37-35-32-30-28-26-23-20-17-14-11-8-5-2/h8,11,17,20-21,24,26,28,32,35,61H,4-7,9-10,12-16,18-19,22-23,25,27,29-31,33-34,36-60H2,1-3H3/b11-8-,20-17-,24-21-,28-26-,35-32-. The van der Waals surface area contributed by atoms with E-state index < -0.39 is 6.10 Å². The zero-order valence-corrected chi connectivity index (χ0v) is 46.5. The lowest BCUT2D eigenvalue weighted by molar-refractivity contribution is -0.167. The van der Waals surface area contributed by atoms with Gasteiger partial charge in [-0.2, -0.15) is 0 Å². The van der Waals surface area contributed by atoms with Crippen LogP contribution >= 0.6 is 0 Å². The average Bonchev–Trinajstić information content (AvgIpc) is 3.36. The normalized spacial score (nSPS) is 12.4. The van der Waals surface area contributed by atoms with E-state index in [9.17, 15) is 14.4 Å². The topological polar surface area (TPSA) is 78.9 Å². The molecule has 1 unspecified atom stereocenters. The second-order valence-electron chi connectivity index (χ2n) is 20.2. The Kier molecular flexibility index (Phi) is 56.3. The van der Waals surface area contributed by atoms with Crippen molar-refractivity contribution in [2.45, 2.75) is 316 Å². The number of carbonyl (C=O) groups is 3. The van der Waals surface area contributed by atoms with Crippen LogP contribution in [0.25, 0.3) is 0 Å². The Bertz CT molecular complexity index is 1260. The first-order valence-corrected chi connectivity index (χ1v) is 30.3. The molecule has 406 valence electrons. The molecular weight excluding hydrogens is 865 g/mol. The van der Waals surface area contributed by atoms with E-state index in [-0.39, 0.29) is 31.1 Å². The molecule has 0 rings (SSSR count). The van der Waals surface area contributed by atoms with Gasteiger partial charge in [-0.1, -0.05) is 268 Å². The zero-order chi connectivity index (χ0) is 50.7. The largest absolute Gasteiger partial charge is 0.462 e. The summed E-state index contributed by atoms with van der Waals surface area (Å²) in [7, 11) is 0. The van der Waals surface area contributed by atoms with Gasteiger partial charge in [0.05, 0.1) is 0 Å². The van der Waals surface area contributed by atoms with Crippen molar-refractivity contribution in [3.8, 4) is 0 Å². The quantitative estimate of drug-likeness (QED) is 0.0261. The van der Waals surface area contributed by atoms with Crippen LogP contribution in [0.2, 0.25) is 0 Å². The SMILES string of the molecule is CC/C=C\C/C=C\C/C=C\C/C=C\CCCCCCCCC(=O)OC(COC(=O)CCCCCCC/C=C\CCCCCC)COC(=O)CCCCCCCCCCCCCCCCCCCCCC. The third-order valence-electron chi connectivity index (χ3n) is 13.3. The van der Waals surface area contributed by atoms with Crippen LogP contribution in [0.3, 0.4) is 0 Å². The smallest absolute Gasteiger partial charge is 0.306 e. The molecule has 0 fully saturated rings. The summed E-state index contributed by atoms with van der Waals surface area (Å²) in [6.45, 7) is 6.53. The van der Waals surface area contributed by atoms with Gasteiger partial charge in [-0.25, -0.2) is 0 Å². The van der Waals surface area contributed by atoms with Crippen LogP contribution in [-0.4, -0.2) is 37.2 Å². The fourth-order valence-electron chi connectivity index (χ4n) is 8.72. The Balaban J connectivity index is 4.35. The van der Waals surface area contributed by atoms with Crippen molar-refractivity contribution in [1.29, 1.82) is 0 Å². The molecule has 0 aromatic carbocycles. The monoisotopic (exact) mass is 979 g/mol. The molecule has 0 N–H and O–H groups in total. The van der Waals surface area contributed by atoms with Gasteiger partial charge in [0.2, 0.25) is 0 Å². The Labute approximate surface area is 434 Å². The summed E-state index contributed by atoms with van der Waals surface area (Å²) in [6.07, 6.45) is 73.6. The number of hydrogen-bond acceptors (Lipinski definition) is 6. The Morgan fingerprint density at radius 3 is 0.900 bits per heavy atom. The third-order valence-corrected chi connectivity index (χ3v) is 13.3. The van der Waals surface area contributed by atoms with Gasteiger partial charge >= 0.3 is 17.9 Å². The molecule has 70 heavy (non-hydrogen) atoms. The summed E-state index contributed by atoms with van der Waals surface area (Å²) in [5.74, 6) is -0.888. The van der Waals surface area contributed by atoms with Gasteiger partial charge in [0.25, 0.3) is 0 Å². The molecule has 6 nitrogen and oxygen atoms in total. The molecule has 0 saturated carbocycles. The minimum atomic E-state index is -0.784. The molecule has 0 bridgehead atoms. The zero-order valence-electron chi connectivity index (χ0n) is 46.5. The summed E-state index contributed by atoms with van der Waals surface area (Å²) >= 11 is 0. The Hall–Kier alpha value is -2.89. The molecule has 0 heterocycles. The third kappa shape index (κ3) is 56.0. The fourth-order valence-corrected chi connectivity index (χ4v) is 8.72. The molecular formula is C64H114O6. The van der Waals surface area contributed by atoms with E-state index in [0.29, 0.717) is 19.3 Å². The summed E-state index contributed by atoms with van der Waals surface area (Å²) in [4.78, 5) is 38.2. The number of carbonyl (C=O) groups excluding carboxylic acids is 3. The van der Waals surface area contributed by atoms with Crippen LogP contribution in [-0.2, 0) is 28.6 Å². The van der Waals surface area contributed by atoms with Gasteiger partial charge in [-0.05, 0) is 83.5 Å². The van der Waals surface area contributed by atoms with Crippen LogP contribution in [0.15, 0.2) is 60.8 Å². The molecule has 0 spiro atoms. The summed E-state index contributed by atoms with van der Waals surface area (Å²) in [5.41, 5.74) is 0. The first-order chi connectivity index (χ1) is 34.5. The molecule has 0 radical (unpaired) electrons. The first kappa shape index (κ1) is 67.1. The van der Waals surface area contributed by atoms with Gasteiger partial charge in [-0.15, -0.1) is 0 Å². The first-order valence-electron chi connectivity index (χ1n) is 30.3. The van der Waals surface area contributed by atoms with Gasteiger partial charge in [0.15, 0.2) is 6.10 Å². The summed E-state index contributed by atoms with van der Waals surface area (Å²) in [5, 5.41) is 0. The van der Waals surface area contributed by atoms with Crippen molar-refractivity contribution in [3.63, 3.8) is 0 Å². The van der Waals surface area contributed by atoms with E-state index in [4.69, 9.17) is 14.2 Å².